The summed E-state index contributed by atoms with van der Waals surface area (Å²) in [7, 11) is 0. The minimum absolute atomic E-state index is 0.450. The van der Waals surface area contributed by atoms with Gasteiger partial charge in [0.2, 0.25) is 0 Å². The Morgan fingerprint density at radius 1 is 1.43 bits per heavy atom. The molecule has 1 fully saturated rings. The summed E-state index contributed by atoms with van der Waals surface area (Å²) in [6.07, 6.45) is 3.92. The molecule has 0 saturated carbocycles. The van der Waals surface area contributed by atoms with Crippen molar-refractivity contribution in [3.63, 3.8) is 0 Å². The third-order valence-corrected chi connectivity index (χ3v) is 3.27. The number of nitrogens with zero attached hydrogens (tertiary/aromatic N) is 1. The lowest BCUT2D eigenvalue weighted by Gasteiger charge is -2.34. The van der Waals surface area contributed by atoms with Gasteiger partial charge in [-0.2, -0.15) is 0 Å². The molecule has 0 unspecified atom stereocenters. The van der Waals surface area contributed by atoms with Gasteiger partial charge >= 0.3 is 0 Å². The van der Waals surface area contributed by atoms with Crippen molar-refractivity contribution < 1.29 is 0 Å². The molecule has 0 radical (unpaired) electrons. The van der Waals surface area contributed by atoms with E-state index in [0.29, 0.717) is 6.04 Å². The maximum Gasteiger partial charge on any atom is 0.169 e. The van der Waals surface area contributed by atoms with E-state index in [9.17, 15) is 0 Å². The Balaban J connectivity index is 2.30. The number of nitrogens with one attached hydrogen (secondary N) is 1. The lowest BCUT2D eigenvalue weighted by atomic mass is 9.95. The van der Waals surface area contributed by atoms with Gasteiger partial charge in [0.15, 0.2) is 5.11 Å². The summed E-state index contributed by atoms with van der Waals surface area (Å²) in [5.74, 6) is 0.924. The van der Waals surface area contributed by atoms with Crippen molar-refractivity contribution in [3.05, 3.63) is 0 Å². The van der Waals surface area contributed by atoms with E-state index in [4.69, 9.17) is 12.2 Å². The summed E-state index contributed by atoms with van der Waals surface area (Å²) in [6.45, 7) is 8.81. The van der Waals surface area contributed by atoms with Crippen molar-refractivity contribution in [2.24, 2.45) is 5.92 Å². The van der Waals surface area contributed by atoms with Gasteiger partial charge in [-0.05, 0) is 44.8 Å². The summed E-state index contributed by atoms with van der Waals surface area (Å²) in [5.41, 5.74) is 0. The SMILES string of the molecule is CCC1CCN(C(=S)NC(C)C)CC1. The van der Waals surface area contributed by atoms with Crippen molar-refractivity contribution >= 4 is 17.3 Å². The highest BCUT2D eigenvalue weighted by molar-refractivity contribution is 7.80. The van der Waals surface area contributed by atoms with E-state index >= 15 is 0 Å². The second kappa shape index (κ2) is 5.54. The zero-order valence-corrected chi connectivity index (χ0v) is 10.4. The third kappa shape index (κ3) is 3.45. The van der Waals surface area contributed by atoms with Gasteiger partial charge in [-0.15, -0.1) is 0 Å². The second-order valence-electron chi connectivity index (χ2n) is 4.44. The van der Waals surface area contributed by atoms with Crippen molar-refractivity contribution in [2.75, 3.05) is 13.1 Å². The summed E-state index contributed by atoms with van der Waals surface area (Å²) in [5, 5.41) is 4.24. The first-order chi connectivity index (χ1) is 6.63. The first-order valence-electron chi connectivity index (χ1n) is 5.69. The molecule has 0 bridgehead atoms. The molecule has 0 aromatic carbocycles. The Morgan fingerprint density at radius 3 is 2.43 bits per heavy atom. The van der Waals surface area contributed by atoms with Gasteiger partial charge in [0.05, 0.1) is 0 Å². The van der Waals surface area contributed by atoms with Gasteiger partial charge < -0.3 is 10.2 Å². The van der Waals surface area contributed by atoms with E-state index < -0.39 is 0 Å². The second-order valence-corrected chi connectivity index (χ2v) is 4.83. The zero-order valence-electron chi connectivity index (χ0n) is 9.55. The first-order valence-corrected chi connectivity index (χ1v) is 6.09. The standard InChI is InChI=1S/C11H22N2S/c1-4-10-5-7-13(8-6-10)11(14)12-9(2)3/h9-10H,4-8H2,1-3H3,(H,12,14). The van der Waals surface area contributed by atoms with Crippen molar-refractivity contribution in [2.45, 2.75) is 46.1 Å². The number of rotatable bonds is 2. The predicted octanol–water partition coefficient (Wildman–Crippen LogP) is 2.39. The molecule has 0 spiro atoms. The largest absolute Gasteiger partial charge is 0.360 e. The number of hydrogen-bond donors (Lipinski definition) is 1. The highest BCUT2D eigenvalue weighted by Gasteiger charge is 2.19. The van der Waals surface area contributed by atoms with Crippen LogP contribution in [0.15, 0.2) is 0 Å². The maximum absolute atomic E-state index is 5.34. The van der Waals surface area contributed by atoms with Gasteiger partial charge in [0.25, 0.3) is 0 Å². The Morgan fingerprint density at radius 2 is 2.00 bits per heavy atom. The molecular weight excluding hydrogens is 192 g/mol. The topological polar surface area (TPSA) is 15.3 Å². The Hall–Kier alpha value is -0.310. The lowest BCUT2D eigenvalue weighted by Crippen LogP contribution is -2.46. The molecule has 1 N–H and O–H groups in total. The normalized spacial score (nSPS) is 18.7. The quantitative estimate of drug-likeness (QED) is 0.711. The molecule has 0 aliphatic carbocycles. The van der Waals surface area contributed by atoms with Crippen LogP contribution >= 0.6 is 12.2 Å². The monoisotopic (exact) mass is 214 g/mol. The minimum atomic E-state index is 0.450. The molecule has 0 aromatic heterocycles. The van der Waals surface area contributed by atoms with Crippen LogP contribution in [0.1, 0.15) is 40.0 Å². The molecule has 1 saturated heterocycles. The summed E-state index contributed by atoms with van der Waals surface area (Å²) >= 11 is 5.34. The molecule has 0 atom stereocenters. The molecule has 82 valence electrons. The van der Waals surface area contributed by atoms with Crippen LogP contribution in [-0.4, -0.2) is 29.1 Å². The highest BCUT2D eigenvalue weighted by atomic mass is 32.1. The predicted molar refractivity (Wildman–Crippen MR) is 65.5 cm³/mol. The molecule has 1 aliphatic rings. The summed E-state index contributed by atoms with van der Waals surface area (Å²) in [6, 6.07) is 0.450. The lowest BCUT2D eigenvalue weighted by molar-refractivity contribution is 0.258. The van der Waals surface area contributed by atoms with Crippen LogP contribution in [0.3, 0.4) is 0 Å². The third-order valence-electron chi connectivity index (χ3n) is 2.89. The van der Waals surface area contributed by atoms with Crippen LogP contribution in [0.2, 0.25) is 0 Å². The molecule has 1 rings (SSSR count). The fourth-order valence-corrected chi connectivity index (χ4v) is 2.30. The average Bonchev–Trinajstić information content (AvgIpc) is 2.17. The van der Waals surface area contributed by atoms with E-state index in [-0.39, 0.29) is 0 Å². The van der Waals surface area contributed by atoms with Gasteiger partial charge in [0, 0.05) is 19.1 Å². The fraction of sp³-hybridized carbons (Fsp3) is 0.909. The highest BCUT2D eigenvalue weighted by Crippen LogP contribution is 2.19. The molecule has 3 heteroatoms. The molecule has 0 aromatic rings. The number of hydrogen-bond acceptors (Lipinski definition) is 1. The van der Waals surface area contributed by atoms with Crippen molar-refractivity contribution in [1.29, 1.82) is 0 Å². The van der Waals surface area contributed by atoms with Crippen LogP contribution < -0.4 is 5.32 Å². The molecule has 0 amide bonds. The van der Waals surface area contributed by atoms with E-state index in [0.717, 1.165) is 24.1 Å². The van der Waals surface area contributed by atoms with Crippen molar-refractivity contribution in [1.82, 2.24) is 10.2 Å². The van der Waals surface area contributed by atoms with Gasteiger partial charge in [-0.1, -0.05) is 13.3 Å². The van der Waals surface area contributed by atoms with Gasteiger partial charge in [-0.25, -0.2) is 0 Å². The molecule has 14 heavy (non-hydrogen) atoms. The average molecular weight is 214 g/mol. The van der Waals surface area contributed by atoms with Crippen LogP contribution in [0.4, 0.5) is 0 Å². The first kappa shape index (κ1) is 11.8. The Bertz CT molecular complexity index is 184. The van der Waals surface area contributed by atoms with Crippen LogP contribution in [0.5, 0.6) is 0 Å². The van der Waals surface area contributed by atoms with Crippen LogP contribution in [0, 0.1) is 5.92 Å². The van der Waals surface area contributed by atoms with Crippen LogP contribution in [-0.2, 0) is 0 Å². The van der Waals surface area contributed by atoms with Gasteiger partial charge in [0.1, 0.15) is 0 Å². The minimum Gasteiger partial charge on any atom is -0.360 e. The number of thiocarbonyl (C=S) groups is 1. The molecule has 1 aliphatic heterocycles. The Labute approximate surface area is 93.1 Å². The van der Waals surface area contributed by atoms with E-state index in [1.807, 2.05) is 0 Å². The van der Waals surface area contributed by atoms with E-state index in [2.05, 4.69) is 31.0 Å². The molecule has 1 heterocycles. The van der Waals surface area contributed by atoms with E-state index in [1.54, 1.807) is 0 Å². The number of piperidine rings is 1. The fourth-order valence-electron chi connectivity index (χ4n) is 1.88. The Kier molecular flexibility index (Phi) is 4.66. The van der Waals surface area contributed by atoms with Gasteiger partial charge in [-0.3, -0.25) is 0 Å². The summed E-state index contributed by atoms with van der Waals surface area (Å²) < 4.78 is 0. The maximum atomic E-state index is 5.34. The molecule has 2 nitrogen and oxygen atoms in total. The smallest absolute Gasteiger partial charge is 0.169 e. The van der Waals surface area contributed by atoms with Crippen LogP contribution in [0.25, 0.3) is 0 Å². The zero-order chi connectivity index (χ0) is 10.6. The molecular formula is C11H22N2S. The number of likely N-dealkylation sites (tertiary alicyclic amines) is 1. The van der Waals surface area contributed by atoms with Crippen molar-refractivity contribution in [3.8, 4) is 0 Å². The summed E-state index contributed by atoms with van der Waals surface area (Å²) in [4.78, 5) is 2.31. The van der Waals surface area contributed by atoms with E-state index in [1.165, 1.54) is 19.3 Å².